The maximum Gasteiger partial charge on any atom is 0.248 e. The summed E-state index contributed by atoms with van der Waals surface area (Å²) in [4.78, 5) is 43.3. The molecule has 0 radical (unpaired) electrons. The fraction of sp³-hybridized carbons (Fsp3) is 0.567. The van der Waals surface area contributed by atoms with Crippen molar-refractivity contribution in [2.75, 3.05) is 25.0 Å². The first-order chi connectivity index (χ1) is 18.3. The van der Waals surface area contributed by atoms with Gasteiger partial charge in [0.2, 0.25) is 17.7 Å². The Balaban J connectivity index is 1.45. The number of anilines is 1. The molecule has 8 heteroatoms. The summed E-state index contributed by atoms with van der Waals surface area (Å²) < 4.78 is -0.959. The molecule has 38 heavy (non-hydrogen) atoms. The number of nitrogens with one attached hydrogen (secondary N) is 2. The predicted octanol–water partition coefficient (Wildman–Crippen LogP) is 4.34. The van der Waals surface area contributed by atoms with E-state index in [9.17, 15) is 14.4 Å². The Kier molecular flexibility index (Phi) is 7.74. The molecule has 2 aromatic rings. The summed E-state index contributed by atoms with van der Waals surface area (Å²) in [5.74, 6) is -1.21. The van der Waals surface area contributed by atoms with Crippen LogP contribution in [0.3, 0.4) is 0 Å². The highest BCUT2D eigenvalue weighted by atomic mass is 32.2. The van der Waals surface area contributed by atoms with Gasteiger partial charge in [0.15, 0.2) is 0 Å². The number of carbonyl (C=O) groups excluding carboxylic acids is 3. The number of aliphatic hydroxyl groups excluding tert-OH is 1. The average Bonchev–Trinajstić information content (AvgIpc) is 3.47. The molecule has 204 valence electrons. The lowest BCUT2D eigenvalue weighted by molar-refractivity contribution is -0.140. The molecule has 3 fully saturated rings. The van der Waals surface area contributed by atoms with Gasteiger partial charge >= 0.3 is 0 Å². The van der Waals surface area contributed by atoms with Crippen LogP contribution in [-0.4, -0.2) is 63.0 Å². The highest BCUT2D eigenvalue weighted by Gasteiger charge is 2.76. The van der Waals surface area contributed by atoms with E-state index < -0.39 is 22.6 Å². The Morgan fingerprint density at radius 1 is 1.05 bits per heavy atom. The predicted molar refractivity (Wildman–Crippen MR) is 152 cm³/mol. The molecule has 1 spiro atoms. The van der Waals surface area contributed by atoms with Crippen LogP contribution in [0.1, 0.15) is 58.8 Å². The molecule has 0 aromatic heterocycles. The fourth-order valence-electron chi connectivity index (χ4n) is 6.95. The second kappa shape index (κ2) is 10.9. The monoisotopic (exact) mass is 537 g/mol. The number of benzene rings is 2. The van der Waals surface area contributed by atoms with Crippen molar-refractivity contribution < 1.29 is 19.5 Å². The van der Waals surface area contributed by atoms with Gasteiger partial charge in [0.1, 0.15) is 6.04 Å². The SMILES string of the molecule is CCCNC(=O)[C@H]1[C@H]2C(=O)N(CCCCCCO)C(C(=O)Nc3ccc4ccccc4c3)C23CC[C@]1(C)S3. The van der Waals surface area contributed by atoms with E-state index in [1.165, 1.54) is 0 Å². The Labute approximate surface area is 229 Å². The first-order valence-corrected chi connectivity index (χ1v) is 14.8. The number of nitrogens with zero attached hydrogens (tertiary/aromatic N) is 1. The summed E-state index contributed by atoms with van der Waals surface area (Å²) in [5, 5.41) is 17.5. The van der Waals surface area contributed by atoms with E-state index in [1.807, 2.05) is 49.4 Å². The number of unbranched alkanes of at least 4 members (excludes halogenated alkanes) is 3. The van der Waals surface area contributed by atoms with Crippen LogP contribution in [0.5, 0.6) is 0 Å². The molecule has 3 amide bonds. The molecular formula is C30H39N3O4S. The molecule has 2 aromatic carbocycles. The van der Waals surface area contributed by atoms with E-state index in [1.54, 1.807) is 16.7 Å². The smallest absolute Gasteiger partial charge is 0.248 e. The lowest BCUT2D eigenvalue weighted by Crippen LogP contribution is -2.52. The molecular weight excluding hydrogens is 498 g/mol. The van der Waals surface area contributed by atoms with Crippen molar-refractivity contribution in [3.05, 3.63) is 42.5 Å². The normalized spacial score (nSPS) is 29.6. The summed E-state index contributed by atoms with van der Waals surface area (Å²) in [6.07, 6.45) is 5.67. The van der Waals surface area contributed by atoms with Crippen molar-refractivity contribution in [1.82, 2.24) is 10.2 Å². The maximum absolute atomic E-state index is 14.1. The summed E-state index contributed by atoms with van der Waals surface area (Å²) in [5.41, 5.74) is 0.713. The van der Waals surface area contributed by atoms with E-state index in [4.69, 9.17) is 5.11 Å². The maximum atomic E-state index is 14.1. The van der Waals surface area contributed by atoms with Gasteiger partial charge in [-0.25, -0.2) is 0 Å². The Bertz CT molecular complexity index is 1220. The third-order valence-corrected chi connectivity index (χ3v) is 10.7. The number of fused-ring (bicyclic) bond motifs is 2. The zero-order valence-electron chi connectivity index (χ0n) is 22.4. The summed E-state index contributed by atoms with van der Waals surface area (Å²) >= 11 is 1.71. The first kappa shape index (κ1) is 27.0. The molecule has 3 N–H and O–H groups in total. The molecule has 5 rings (SSSR count). The highest BCUT2D eigenvalue weighted by Crippen LogP contribution is 2.71. The van der Waals surface area contributed by atoms with Gasteiger partial charge in [-0.1, -0.05) is 50.1 Å². The second-order valence-corrected chi connectivity index (χ2v) is 13.1. The van der Waals surface area contributed by atoms with Gasteiger partial charge in [-0.3, -0.25) is 14.4 Å². The molecule has 2 unspecified atom stereocenters. The molecule has 3 saturated heterocycles. The van der Waals surface area contributed by atoms with Crippen LogP contribution in [0.25, 0.3) is 10.8 Å². The topological polar surface area (TPSA) is 98.7 Å². The minimum Gasteiger partial charge on any atom is -0.396 e. The largest absolute Gasteiger partial charge is 0.396 e. The molecule has 2 bridgehead atoms. The average molecular weight is 538 g/mol. The fourth-order valence-corrected chi connectivity index (χ4v) is 9.31. The Morgan fingerprint density at radius 3 is 2.58 bits per heavy atom. The minimum absolute atomic E-state index is 0.0553. The number of amides is 3. The van der Waals surface area contributed by atoms with Crippen LogP contribution >= 0.6 is 11.8 Å². The van der Waals surface area contributed by atoms with Crippen molar-refractivity contribution in [2.45, 2.75) is 74.3 Å². The third kappa shape index (κ3) is 4.60. The number of likely N-dealkylation sites (tertiary alicyclic amines) is 1. The third-order valence-electron chi connectivity index (χ3n) is 8.68. The van der Waals surface area contributed by atoms with E-state index in [0.717, 1.165) is 55.7 Å². The van der Waals surface area contributed by atoms with Crippen LogP contribution in [-0.2, 0) is 14.4 Å². The Morgan fingerprint density at radius 2 is 1.82 bits per heavy atom. The number of thioether (sulfide) groups is 1. The van der Waals surface area contributed by atoms with Gasteiger partial charge in [-0.2, -0.15) is 0 Å². The van der Waals surface area contributed by atoms with Crippen LogP contribution in [0.4, 0.5) is 5.69 Å². The van der Waals surface area contributed by atoms with Crippen molar-refractivity contribution >= 4 is 45.9 Å². The van der Waals surface area contributed by atoms with Crippen molar-refractivity contribution in [3.8, 4) is 0 Å². The molecule has 0 saturated carbocycles. The van der Waals surface area contributed by atoms with Crippen LogP contribution in [0.15, 0.2) is 42.5 Å². The molecule has 3 heterocycles. The number of carbonyl (C=O) groups is 3. The molecule has 3 aliphatic rings. The van der Waals surface area contributed by atoms with Crippen LogP contribution < -0.4 is 10.6 Å². The molecule has 3 aliphatic heterocycles. The summed E-state index contributed by atoms with van der Waals surface area (Å²) in [6, 6.07) is 13.3. The standard InChI is InChI=1S/C30H39N3O4S/c1-3-16-31-26(35)23-24-28(37)33(17-8-4-5-9-18-34)25(30(24)15-14-29(23,2)38-30)27(36)32-22-13-12-20-10-6-7-11-21(20)19-22/h6-7,10-13,19,23-25,34H,3-5,8-9,14-18H2,1-2H3,(H,31,35)(H,32,36)/t23-,24+,25?,29+,30?/m1/s1. The van der Waals surface area contributed by atoms with E-state index >= 15 is 0 Å². The first-order valence-electron chi connectivity index (χ1n) is 14.0. The van der Waals surface area contributed by atoms with Crippen LogP contribution in [0.2, 0.25) is 0 Å². The van der Waals surface area contributed by atoms with Gasteiger partial charge < -0.3 is 20.6 Å². The number of rotatable bonds is 11. The van der Waals surface area contributed by atoms with Crippen molar-refractivity contribution in [3.63, 3.8) is 0 Å². The molecule has 0 aliphatic carbocycles. The lowest BCUT2D eigenvalue weighted by atomic mass is 9.66. The van der Waals surface area contributed by atoms with Gasteiger partial charge in [-0.05, 0) is 61.9 Å². The number of hydrogen-bond donors (Lipinski definition) is 3. The highest BCUT2D eigenvalue weighted by molar-refractivity contribution is 8.02. The number of aliphatic hydroxyl groups is 1. The molecule has 7 nitrogen and oxygen atoms in total. The summed E-state index contributed by atoms with van der Waals surface area (Å²) in [7, 11) is 0. The minimum atomic E-state index is -0.625. The lowest BCUT2D eigenvalue weighted by Gasteiger charge is -2.34. The quantitative estimate of drug-likeness (QED) is 0.371. The zero-order valence-corrected chi connectivity index (χ0v) is 23.2. The van der Waals surface area contributed by atoms with E-state index in [0.29, 0.717) is 18.8 Å². The van der Waals surface area contributed by atoms with Crippen LogP contribution in [0, 0.1) is 11.8 Å². The van der Waals surface area contributed by atoms with Crippen molar-refractivity contribution in [1.29, 1.82) is 0 Å². The summed E-state index contributed by atoms with van der Waals surface area (Å²) in [6.45, 7) is 5.36. The van der Waals surface area contributed by atoms with Gasteiger partial charge in [0.25, 0.3) is 0 Å². The van der Waals surface area contributed by atoms with E-state index in [-0.39, 0.29) is 29.1 Å². The van der Waals surface area contributed by atoms with Gasteiger partial charge in [0, 0.05) is 30.1 Å². The van der Waals surface area contributed by atoms with E-state index in [2.05, 4.69) is 17.6 Å². The molecule has 5 atom stereocenters. The zero-order chi connectivity index (χ0) is 26.9. The Hall–Kier alpha value is -2.58. The van der Waals surface area contributed by atoms with Gasteiger partial charge in [0.05, 0.1) is 16.6 Å². The second-order valence-electron chi connectivity index (χ2n) is 11.2. The van der Waals surface area contributed by atoms with Crippen molar-refractivity contribution in [2.24, 2.45) is 11.8 Å². The van der Waals surface area contributed by atoms with Gasteiger partial charge in [-0.15, -0.1) is 11.8 Å². The number of hydrogen-bond acceptors (Lipinski definition) is 5.